The number of ether oxygens (including phenoxy) is 4. The van der Waals surface area contributed by atoms with Crippen LogP contribution in [0.25, 0.3) is 11.3 Å². The molecule has 0 aliphatic carbocycles. The van der Waals surface area contributed by atoms with Crippen molar-refractivity contribution in [3.05, 3.63) is 30.0 Å². The van der Waals surface area contributed by atoms with Gasteiger partial charge in [0.05, 0.1) is 25.5 Å². The van der Waals surface area contributed by atoms with E-state index in [-0.39, 0.29) is 0 Å². The third-order valence-electron chi connectivity index (χ3n) is 5.37. The molecule has 1 aliphatic heterocycles. The third kappa shape index (κ3) is 7.21. The van der Waals surface area contributed by atoms with Crippen molar-refractivity contribution in [2.75, 3.05) is 67.3 Å². The Labute approximate surface area is 185 Å². The zero-order chi connectivity index (χ0) is 21.9. The first-order valence-electron chi connectivity index (χ1n) is 11.0. The first-order valence-corrected chi connectivity index (χ1v) is 11.0. The Morgan fingerprint density at radius 2 is 2.16 bits per heavy atom. The van der Waals surface area contributed by atoms with E-state index in [1.807, 2.05) is 31.4 Å². The lowest BCUT2D eigenvalue weighted by molar-refractivity contribution is 0.160. The minimum Gasteiger partial charge on any atom is -0.490 e. The van der Waals surface area contributed by atoms with E-state index in [2.05, 4.69) is 27.5 Å². The topological polar surface area (TPSA) is 80.9 Å². The Balaban J connectivity index is 1.74. The maximum Gasteiger partial charge on any atom is 0.161 e. The molecule has 0 spiro atoms. The fourth-order valence-corrected chi connectivity index (χ4v) is 3.55. The number of H-pyrrole nitrogens is 1. The van der Waals surface area contributed by atoms with E-state index in [1.165, 1.54) is 0 Å². The van der Waals surface area contributed by atoms with Gasteiger partial charge in [-0.05, 0) is 38.7 Å². The Hall–Kier alpha value is -2.13. The number of benzene rings is 1. The third-order valence-corrected chi connectivity index (χ3v) is 5.37. The summed E-state index contributed by atoms with van der Waals surface area (Å²) in [6.07, 6.45) is 3.83. The Morgan fingerprint density at radius 1 is 1.26 bits per heavy atom. The summed E-state index contributed by atoms with van der Waals surface area (Å²) in [4.78, 5) is 2.27. The van der Waals surface area contributed by atoms with Gasteiger partial charge >= 0.3 is 0 Å². The van der Waals surface area contributed by atoms with Crippen molar-refractivity contribution in [3.63, 3.8) is 0 Å². The summed E-state index contributed by atoms with van der Waals surface area (Å²) in [5.41, 5.74) is 3.11. The largest absolute Gasteiger partial charge is 0.490 e. The second-order valence-corrected chi connectivity index (χ2v) is 8.00. The van der Waals surface area contributed by atoms with Crippen LogP contribution in [0.15, 0.2) is 24.4 Å². The van der Waals surface area contributed by atoms with Crippen LogP contribution in [0.5, 0.6) is 11.5 Å². The van der Waals surface area contributed by atoms with Gasteiger partial charge in [-0.3, -0.25) is 5.10 Å². The van der Waals surface area contributed by atoms with Gasteiger partial charge in [-0.1, -0.05) is 0 Å². The maximum absolute atomic E-state index is 6.20. The van der Waals surface area contributed by atoms with Gasteiger partial charge in [-0.25, -0.2) is 0 Å². The summed E-state index contributed by atoms with van der Waals surface area (Å²) in [5, 5.41) is 10.7. The molecule has 3 rings (SSSR count). The molecule has 2 aromatic rings. The molecule has 172 valence electrons. The highest BCUT2D eigenvalue weighted by Crippen LogP contribution is 2.34. The van der Waals surface area contributed by atoms with Gasteiger partial charge in [-0.2, -0.15) is 5.10 Å². The Bertz CT molecular complexity index is 777. The molecule has 1 fully saturated rings. The van der Waals surface area contributed by atoms with E-state index < -0.39 is 0 Å². The van der Waals surface area contributed by atoms with Crippen molar-refractivity contribution in [3.8, 4) is 22.8 Å². The summed E-state index contributed by atoms with van der Waals surface area (Å²) < 4.78 is 22.8. The van der Waals surface area contributed by atoms with E-state index in [1.54, 1.807) is 7.11 Å². The highest BCUT2D eigenvalue weighted by atomic mass is 16.5. The SMILES string of the molecule is CNCCN(C)Cc1c[nH]nc1-c1ccc(OCCCOC)c(OCC2CCOC2)c1. The summed E-state index contributed by atoms with van der Waals surface area (Å²) in [5.74, 6) is 1.92. The monoisotopic (exact) mass is 432 g/mol. The standard InChI is InChI=1S/C23H36N4O4/c1-24-8-9-27(2)15-20-14-25-26-23(20)19-5-6-21(30-11-4-10-28-3)22(13-19)31-17-18-7-12-29-16-18/h5-6,13-14,18,24H,4,7-12,15-17H2,1-3H3,(H,25,26). The summed E-state index contributed by atoms with van der Waals surface area (Å²) >= 11 is 0. The van der Waals surface area contributed by atoms with Crippen LogP contribution in [0.1, 0.15) is 18.4 Å². The molecule has 1 aromatic heterocycles. The fourth-order valence-electron chi connectivity index (χ4n) is 3.55. The number of nitrogens with zero attached hydrogens (tertiary/aromatic N) is 2. The van der Waals surface area contributed by atoms with Crippen molar-refractivity contribution in [2.45, 2.75) is 19.4 Å². The molecule has 1 aliphatic rings. The van der Waals surface area contributed by atoms with Gasteiger partial charge in [0.1, 0.15) is 0 Å². The lowest BCUT2D eigenvalue weighted by Gasteiger charge is -2.17. The number of aromatic nitrogens is 2. The zero-order valence-electron chi connectivity index (χ0n) is 19.0. The van der Waals surface area contributed by atoms with Crippen molar-refractivity contribution in [1.82, 2.24) is 20.4 Å². The van der Waals surface area contributed by atoms with E-state index in [0.717, 1.165) is 74.0 Å². The van der Waals surface area contributed by atoms with Crippen molar-refractivity contribution < 1.29 is 18.9 Å². The second-order valence-electron chi connectivity index (χ2n) is 8.00. The lowest BCUT2D eigenvalue weighted by Crippen LogP contribution is -2.26. The van der Waals surface area contributed by atoms with Crippen LogP contribution in [-0.2, 0) is 16.0 Å². The number of aromatic amines is 1. The van der Waals surface area contributed by atoms with Crippen LogP contribution in [0, 0.1) is 5.92 Å². The number of hydrogen-bond donors (Lipinski definition) is 2. The molecule has 0 saturated carbocycles. The number of likely N-dealkylation sites (N-methyl/N-ethyl adjacent to an activating group) is 2. The van der Waals surface area contributed by atoms with Crippen LogP contribution in [0.2, 0.25) is 0 Å². The minimum absolute atomic E-state index is 0.423. The molecular formula is C23H36N4O4. The van der Waals surface area contributed by atoms with Gasteiger partial charge in [0.15, 0.2) is 11.5 Å². The van der Waals surface area contributed by atoms with Crippen LogP contribution < -0.4 is 14.8 Å². The quantitative estimate of drug-likeness (QED) is 0.444. The number of hydrogen-bond acceptors (Lipinski definition) is 7. The number of rotatable bonds is 14. The molecule has 1 aromatic carbocycles. The predicted octanol–water partition coefficient (Wildman–Crippen LogP) is 2.56. The summed E-state index contributed by atoms with van der Waals surface area (Å²) in [6.45, 7) is 6.18. The van der Waals surface area contributed by atoms with Crippen LogP contribution in [-0.4, -0.2) is 82.4 Å². The number of methoxy groups -OCH3 is 1. The molecule has 1 unspecified atom stereocenters. The maximum atomic E-state index is 6.20. The molecule has 8 heteroatoms. The van der Waals surface area contributed by atoms with Gasteiger partial charge in [0.2, 0.25) is 0 Å². The molecule has 8 nitrogen and oxygen atoms in total. The smallest absolute Gasteiger partial charge is 0.161 e. The average Bonchev–Trinajstić information content (AvgIpc) is 3.46. The predicted molar refractivity (Wildman–Crippen MR) is 121 cm³/mol. The second kappa shape index (κ2) is 12.7. The van der Waals surface area contributed by atoms with E-state index in [9.17, 15) is 0 Å². The van der Waals surface area contributed by atoms with E-state index in [0.29, 0.717) is 25.7 Å². The van der Waals surface area contributed by atoms with Crippen molar-refractivity contribution >= 4 is 0 Å². The highest BCUT2D eigenvalue weighted by molar-refractivity contribution is 5.66. The number of nitrogens with one attached hydrogen (secondary N) is 2. The van der Waals surface area contributed by atoms with Gasteiger partial charge < -0.3 is 29.2 Å². The first-order chi connectivity index (χ1) is 15.2. The molecule has 0 radical (unpaired) electrons. The zero-order valence-corrected chi connectivity index (χ0v) is 19.0. The first kappa shape index (κ1) is 23.5. The van der Waals surface area contributed by atoms with Crippen molar-refractivity contribution in [1.29, 1.82) is 0 Å². The molecule has 0 bridgehead atoms. The molecular weight excluding hydrogens is 396 g/mol. The molecule has 2 heterocycles. The average molecular weight is 433 g/mol. The van der Waals surface area contributed by atoms with Crippen LogP contribution >= 0.6 is 0 Å². The molecule has 0 amide bonds. The minimum atomic E-state index is 0.423. The molecule has 1 saturated heterocycles. The van der Waals surface area contributed by atoms with Gasteiger partial charge in [0, 0.05) is 69.6 Å². The normalized spacial score (nSPS) is 16.2. The Kier molecular flexibility index (Phi) is 9.61. The van der Waals surface area contributed by atoms with Crippen molar-refractivity contribution in [2.24, 2.45) is 5.92 Å². The molecule has 2 N–H and O–H groups in total. The van der Waals surface area contributed by atoms with E-state index in [4.69, 9.17) is 18.9 Å². The highest BCUT2D eigenvalue weighted by Gasteiger charge is 2.19. The lowest BCUT2D eigenvalue weighted by atomic mass is 10.1. The Morgan fingerprint density at radius 3 is 2.94 bits per heavy atom. The summed E-state index contributed by atoms with van der Waals surface area (Å²) in [6, 6.07) is 6.06. The fraction of sp³-hybridized carbons (Fsp3) is 0.609. The van der Waals surface area contributed by atoms with Crippen LogP contribution in [0.3, 0.4) is 0 Å². The van der Waals surface area contributed by atoms with Gasteiger partial charge in [0.25, 0.3) is 0 Å². The van der Waals surface area contributed by atoms with E-state index >= 15 is 0 Å². The molecule has 1 atom stereocenters. The summed E-state index contributed by atoms with van der Waals surface area (Å²) in [7, 11) is 5.78. The van der Waals surface area contributed by atoms with Crippen LogP contribution in [0.4, 0.5) is 0 Å². The van der Waals surface area contributed by atoms with Gasteiger partial charge in [-0.15, -0.1) is 0 Å². The molecule has 31 heavy (non-hydrogen) atoms.